The van der Waals surface area contributed by atoms with Crippen LogP contribution in [0.1, 0.15) is 29.6 Å². The Balaban J connectivity index is 1.85. The number of piperidine rings is 1. The highest BCUT2D eigenvalue weighted by molar-refractivity contribution is 5.93. The second-order valence-corrected chi connectivity index (χ2v) is 4.67. The summed E-state index contributed by atoms with van der Waals surface area (Å²) in [6.45, 7) is 3.57. The Hall–Kier alpha value is -1.82. The first-order valence-corrected chi connectivity index (χ1v) is 6.51. The molecule has 1 aliphatic rings. The number of carboxylic acids is 1. The lowest BCUT2D eigenvalue weighted by molar-refractivity contribution is 0.0697. The minimum Gasteiger partial charge on any atom is -0.478 e. The second kappa shape index (κ2) is 6.38. The largest absolute Gasteiger partial charge is 0.478 e. The van der Waals surface area contributed by atoms with Crippen LogP contribution < -0.4 is 10.5 Å². The SMILES string of the molecule is Nc1cnc(OCCN2CCCCC2)cc1C(=O)O. The molecule has 0 saturated carbocycles. The quantitative estimate of drug-likeness (QED) is 0.832. The van der Waals surface area contributed by atoms with Crippen molar-refractivity contribution in [3.63, 3.8) is 0 Å². The van der Waals surface area contributed by atoms with Crippen molar-refractivity contribution in [1.82, 2.24) is 9.88 Å². The van der Waals surface area contributed by atoms with Gasteiger partial charge in [0.1, 0.15) is 6.61 Å². The number of carboxylic acid groups (broad SMARTS) is 1. The number of hydrogen-bond donors (Lipinski definition) is 2. The number of aromatic carboxylic acids is 1. The van der Waals surface area contributed by atoms with E-state index in [1.54, 1.807) is 0 Å². The van der Waals surface area contributed by atoms with Gasteiger partial charge in [-0.1, -0.05) is 6.42 Å². The van der Waals surface area contributed by atoms with E-state index in [-0.39, 0.29) is 11.3 Å². The van der Waals surface area contributed by atoms with Gasteiger partial charge in [0.05, 0.1) is 17.4 Å². The van der Waals surface area contributed by atoms with Crippen LogP contribution in [0.15, 0.2) is 12.3 Å². The first-order chi connectivity index (χ1) is 9.16. The molecule has 3 N–H and O–H groups in total. The molecule has 1 aromatic rings. The van der Waals surface area contributed by atoms with Crippen LogP contribution in [-0.2, 0) is 0 Å². The molecule has 1 fully saturated rings. The van der Waals surface area contributed by atoms with Crippen LogP contribution in [0.5, 0.6) is 5.88 Å². The Morgan fingerprint density at radius 2 is 2.16 bits per heavy atom. The van der Waals surface area contributed by atoms with Crippen molar-refractivity contribution in [3.05, 3.63) is 17.8 Å². The lowest BCUT2D eigenvalue weighted by atomic mass is 10.1. The highest BCUT2D eigenvalue weighted by Gasteiger charge is 2.12. The van der Waals surface area contributed by atoms with E-state index in [2.05, 4.69) is 9.88 Å². The van der Waals surface area contributed by atoms with Crippen molar-refractivity contribution in [3.8, 4) is 5.88 Å². The van der Waals surface area contributed by atoms with E-state index >= 15 is 0 Å². The third-order valence-corrected chi connectivity index (χ3v) is 3.25. The molecule has 0 bridgehead atoms. The maximum atomic E-state index is 10.9. The van der Waals surface area contributed by atoms with Crippen molar-refractivity contribution >= 4 is 11.7 Å². The summed E-state index contributed by atoms with van der Waals surface area (Å²) in [5, 5.41) is 8.95. The Morgan fingerprint density at radius 1 is 1.42 bits per heavy atom. The summed E-state index contributed by atoms with van der Waals surface area (Å²) < 4.78 is 5.48. The summed E-state index contributed by atoms with van der Waals surface area (Å²) in [7, 11) is 0. The number of likely N-dealkylation sites (tertiary alicyclic amines) is 1. The molecule has 6 heteroatoms. The molecule has 1 saturated heterocycles. The molecule has 0 atom stereocenters. The standard InChI is InChI=1S/C13H19N3O3/c14-11-9-15-12(8-10(11)13(17)18)19-7-6-16-4-2-1-3-5-16/h8-9H,1-7,14H2,(H,17,18). The molecule has 0 unspecified atom stereocenters. The van der Waals surface area contributed by atoms with E-state index in [4.69, 9.17) is 15.6 Å². The van der Waals surface area contributed by atoms with Gasteiger partial charge in [-0.15, -0.1) is 0 Å². The monoisotopic (exact) mass is 265 g/mol. The number of carbonyl (C=O) groups is 1. The third-order valence-electron chi connectivity index (χ3n) is 3.25. The van der Waals surface area contributed by atoms with Crippen LogP contribution in [0.2, 0.25) is 0 Å². The van der Waals surface area contributed by atoms with Gasteiger partial charge in [-0.2, -0.15) is 0 Å². The van der Waals surface area contributed by atoms with Crippen LogP contribution in [0.25, 0.3) is 0 Å². The molecule has 1 aliphatic heterocycles. The lowest BCUT2D eigenvalue weighted by Crippen LogP contribution is -2.33. The van der Waals surface area contributed by atoms with Gasteiger partial charge >= 0.3 is 5.97 Å². The van der Waals surface area contributed by atoms with Gasteiger partial charge in [-0.3, -0.25) is 4.90 Å². The van der Waals surface area contributed by atoms with Crippen LogP contribution in [0.3, 0.4) is 0 Å². The van der Waals surface area contributed by atoms with Crippen molar-refractivity contribution in [1.29, 1.82) is 0 Å². The summed E-state index contributed by atoms with van der Waals surface area (Å²) >= 11 is 0. The zero-order valence-corrected chi connectivity index (χ0v) is 10.8. The lowest BCUT2D eigenvalue weighted by Gasteiger charge is -2.26. The summed E-state index contributed by atoms with van der Waals surface area (Å²) in [5.41, 5.74) is 5.71. The molecule has 2 heterocycles. The molecule has 0 radical (unpaired) electrons. The number of anilines is 1. The fraction of sp³-hybridized carbons (Fsp3) is 0.538. The van der Waals surface area contributed by atoms with Crippen LogP contribution in [-0.4, -0.2) is 47.2 Å². The summed E-state index contributed by atoms with van der Waals surface area (Å²) in [4.78, 5) is 17.2. The van der Waals surface area contributed by atoms with Crippen LogP contribution in [0, 0.1) is 0 Å². The number of nitrogens with two attached hydrogens (primary N) is 1. The molecule has 19 heavy (non-hydrogen) atoms. The Bertz CT molecular complexity index is 445. The molecule has 0 amide bonds. The Kier molecular flexibility index (Phi) is 4.57. The van der Waals surface area contributed by atoms with Gasteiger partial charge in [0.2, 0.25) is 5.88 Å². The van der Waals surface area contributed by atoms with Crippen LogP contribution in [0.4, 0.5) is 5.69 Å². The van der Waals surface area contributed by atoms with Gasteiger partial charge < -0.3 is 15.6 Å². The fourth-order valence-corrected chi connectivity index (χ4v) is 2.17. The van der Waals surface area contributed by atoms with Crippen molar-refractivity contribution in [2.45, 2.75) is 19.3 Å². The average Bonchev–Trinajstić information content (AvgIpc) is 2.41. The molecule has 0 aliphatic carbocycles. The number of rotatable bonds is 5. The van der Waals surface area contributed by atoms with Gasteiger partial charge in [-0.05, 0) is 25.9 Å². The van der Waals surface area contributed by atoms with Gasteiger partial charge in [0, 0.05) is 12.6 Å². The Morgan fingerprint density at radius 3 is 2.84 bits per heavy atom. The maximum Gasteiger partial charge on any atom is 0.338 e. The Labute approximate surface area is 112 Å². The molecule has 0 spiro atoms. The van der Waals surface area contributed by atoms with E-state index in [1.165, 1.54) is 31.5 Å². The summed E-state index contributed by atoms with van der Waals surface area (Å²) in [5.74, 6) is -0.760. The van der Waals surface area contributed by atoms with E-state index in [1.807, 2.05) is 0 Å². The predicted octanol–water partition coefficient (Wildman–Crippen LogP) is 1.23. The first-order valence-electron chi connectivity index (χ1n) is 6.51. The second-order valence-electron chi connectivity index (χ2n) is 4.67. The normalized spacial score (nSPS) is 16.2. The van der Waals surface area contributed by atoms with Gasteiger partial charge in [0.25, 0.3) is 0 Å². The zero-order valence-electron chi connectivity index (χ0n) is 10.8. The number of pyridine rings is 1. The highest BCUT2D eigenvalue weighted by atomic mass is 16.5. The average molecular weight is 265 g/mol. The first kappa shape index (κ1) is 13.6. The number of nitrogens with zero attached hydrogens (tertiary/aromatic N) is 2. The smallest absolute Gasteiger partial charge is 0.338 e. The van der Waals surface area contributed by atoms with E-state index < -0.39 is 5.97 Å². The van der Waals surface area contributed by atoms with Gasteiger partial charge in [0.15, 0.2) is 0 Å². The minimum absolute atomic E-state index is 0.0305. The number of hydrogen-bond acceptors (Lipinski definition) is 5. The third kappa shape index (κ3) is 3.82. The highest BCUT2D eigenvalue weighted by Crippen LogP contribution is 2.16. The zero-order chi connectivity index (χ0) is 13.7. The number of aromatic nitrogens is 1. The molecular weight excluding hydrogens is 246 g/mol. The van der Waals surface area contributed by atoms with Crippen molar-refractivity contribution in [2.75, 3.05) is 32.0 Å². The topological polar surface area (TPSA) is 88.7 Å². The number of ether oxygens (including phenoxy) is 1. The molecular formula is C13H19N3O3. The maximum absolute atomic E-state index is 10.9. The van der Waals surface area contributed by atoms with E-state index in [0.29, 0.717) is 12.5 Å². The van der Waals surface area contributed by atoms with Gasteiger partial charge in [-0.25, -0.2) is 9.78 Å². The van der Waals surface area contributed by atoms with E-state index in [0.717, 1.165) is 19.6 Å². The predicted molar refractivity (Wildman–Crippen MR) is 71.4 cm³/mol. The molecule has 1 aromatic heterocycles. The number of nitrogen functional groups attached to an aromatic ring is 1. The van der Waals surface area contributed by atoms with Crippen molar-refractivity contribution < 1.29 is 14.6 Å². The fourth-order valence-electron chi connectivity index (χ4n) is 2.17. The summed E-state index contributed by atoms with van der Waals surface area (Å²) in [6, 6.07) is 1.37. The van der Waals surface area contributed by atoms with Crippen molar-refractivity contribution in [2.24, 2.45) is 0 Å². The van der Waals surface area contributed by atoms with E-state index in [9.17, 15) is 4.79 Å². The molecule has 104 valence electrons. The summed E-state index contributed by atoms with van der Waals surface area (Å²) in [6.07, 6.45) is 5.10. The molecule has 6 nitrogen and oxygen atoms in total. The van der Waals surface area contributed by atoms with Crippen LogP contribution >= 0.6 is 0 Å². The molecule has 0 aromatic carbocycles. The minimum atomic E-state index is -1.07. The molecule has 2 rings (SSSR count).